The molecule has 1 aromatic carbocycles. The summed E-state index contributed by atoms with van der Waals surface area (Å²) in [6, 6.07) is 2.72. The number of nitrogens with one attached hydrogen (secondary N) is 1. The Hall–Kier alpha value is -1.32. The molecule has 0 aromatic heterocycles. The van der Waals surface area contributed by atoms with Gasteiger partial charge in [0.15, 0.2) is 0 Å². The van der Waals surface area contributed by atoms with Gasteiger partial charge in [0.25, 0.3) is 0 Å². The van der Waals surface area contributed by atoms with Crippen LogP contribution >= 0.6 is 11.6 Å². The van der Waals surface area contributed by atoms with Gasteiger partial charge in [-0.3, -0.25) is 4.79 Å². The van der Waals surface area contributed by atoms with Gasteiger partial charge in [0, 0.05) is 25.0 Å². The Morgan fingerprint density at radius 3 is 2.41 bits per heavy atom. The molecule has 1 heterocycles. The fourth-order valence-corrected chi connectivity index (χ4v) is 7.47. The number of rotatable bonds is 5. The van der Waals surface area contributed by atoms with E-state index in [0.29, 0.717) is 30.7 Å². The molecule has 32 heavy (non-hydrogen) atoms. The minimum absolute atomic E-state index is 0.0526. The molecule has 0 radical (unpaired) electrons. The van der Waals surface area contributed by atoms with Crippen molar-refractivity contribution in [3.63, 3.8) is 0 Å². The minimum Gasteiger partial charge on any atom is -0.353 e. The van der Waals surface area contributed by atoms with Crippen molar-refractivity contribution >= 4 is 27.5 Å². The van der Waals surface area contributed by atoms with Crippen LogP contribution < -0.4 is 5.32 Å². The first-order chi connectivity index (χ1) is 15.0. The van der Waals surface area contributed by atoms with E-state index >= 15 is 0 Å². The molecule has 2 bridgehead atoms. The Balaban J connectivity index is 1.36. The number of carbonyl (C=O) groups is 1. The Morgan fingerprint density at radius 1 is 1.16 bits per heavy atom. The quantitative estimate of drug-likeness (QED) is 0.648. The van der Waals surface area contributed by atoms with Gasteiger partial charge < -0.3 is 5.32 Å². The number of carbonyl (C=O) groups excluding carboxylic acids is 1. The van der Waals surface area contributed by atoms with Crippen molar-refractivity contribution in [2.24, 2.45) is 23.7 Å². The summed E-state index contributed by atoms with van der Waals surface area (Å²) in [4.78, 5) is 12.3. The zero-order chi connectivity index (χ0) is 23.3. The molecule has 1 aromatic rings. The van der Waals surface area contributed by atoms with Crippen LogP contribution in [0.3, 0.4) is 0 Å². The lowest BCUT2D eigenvalue weighted by molar-refractivity contribution is -0.137. The molecule has 4 atom stereocenters. The zero-order valence-electron chi connectivity index (χ0n) is 17.9. The number of sulfonamides is 1. The van der Waals surface area contributed by atoms with Gasteiger partial charge in [-0.15, -0.1) is 0 Å². The molecular formula is C22H28ClF3N2O3S. The molecule has 5 nitrogen and oxygen atoms in total. The third-order valence-corrected chi connectivity index (χ3v) is 9.73. The van der Waals surface area contributed by atoms with Crippen molar-refractivity contribution in [1.29, 1.82) is 0 Å². The Labute approximate surface area is 191 Å². The number of alkyl halides is 3. The molecule has 1 saturated heterocycles. The average molecular weight is 493 g/mol. The second kappa shape index (κ2) is 8.80. The summed E-state index contributed by atoms with van der Waals surface area (Å²) in [6.07, 6.45) is 0.913. The molecule has 10 heteroatoms. The third-order valence-electron chi connectivity index (χ3n) is 7.51. The molecule has 0 spiro atoms. The lowest BCUT2D eigenvalue weighted by Gasteiger charge is -2.33. The van der Waals surface area contributed by atoms with Crippen LogP contribution in [0, 0.1) is 23.7 Å². The third kappa shape index (κ3) is 4.66. The maximum atomic E-state index is 13.1. The van der Waals surface area contributed by atoms with E-state index in [1.165, 1.54) is 25.7 Å². The van der Waals surface area contributed by atoms with Crippen LogP contribution in [-0.4, -0.2) is 37.8 Å². The van der Waals surface area contributed by atoms with E-state index in [2.05, 4.69) is 12.2 Å². The SMILES string of the molecule is C[C@H](NC(=O)C1CCN(S(=O)(=O)c2ccc(Cl)c(C(F)(F)F)c2)CC1)[C@@H]1C[C@H]2CC[C@H]1C2. The van der Waals surface area contributed by atoms with Gasteiger partial charge in [0.2, 0.25) is 15.9 Å². The van der Waals surface area contributed by atoms with E-state index in [-0.39, 0.29) is 31.0 Å². The first-order valence-corrected chi connectivity index (χ1v) is 13.0. The Morgan fingerprint density at radius 2 is 1.84 bits per heavy atom. The van der Waals surface area contributed by atoms with E-state index in [1.54, 1.807) is 0 Å². The molecule has 3 aliphatic rings. The van der Waals surface area contributed by atoms with Crippen LogP contribution in [0.25, 0.3) is 0 Å². The van der Waals surface area contributed by atoms with E-state index in [1.807, 2.05) is 0 Å². The largest absolute Gasteiger partial charge is 0.417 e. The molecule has 178 valence electrons. The average Bonchev–Trinajstić information content (AvgIpc) is 3.37. The van der Waals surface area contributed by atoms with Crippen LogP contribution in [0.2, 0.25) is 5.02 Å². The molecule has 4 rings (SSSR count). The van der Waals surface area contributed by atoms with Crippen molar-refractivity contribution in [2.75, 3.05) is 13.1 Å². The fourth-order valence-electron chi connectivity index (χ4n) is 5.75. The first-order valence-electron chi connectivity index (χ1n) is 11.1. The number of amides is 1. The van der Waals surface area contributed by atoms with Gasteiger partial charge in [-0.05, 0) is 75.0 Å². The second-order valence-corrected chi connectivity index (χ2v) is 11.8. The molecule has 2 aliphatic carbocycles. The highest BCUT2D eigenvalue weighted by atomic mass is 35.5. The van der Waals surface area contributed by atoms with Crippen LogP contribution in [0.15, 0.2) is 23.1 Å². The molecular weight excluding hydrogens is 465 g/mol. The number of hydrogen-bond acceptors (Lipinski definition) is 3. The maximum absolute atomic E-state index is 13.1. The van der Waals surface area contributed by atoms with E-state index in [0.717, 1.165) is 22.4 Å². The number of nitrogens with zero attached hydrogens (tertiary/aromatic N) is 1. The smallest absolute Gasteiger partial charge is 0.353 e. The molecule has 0 unspecified atom stereocenters. The standard InChI is InChI=1S/C22H28ClF3N2O3S/c1-13(18-11-14-2-3-16(18)10-14)27-21(29)15-6-8-28(9-7-15)32(30,31)17-4-5-20(23)19(12-17)22(24,25)26/h4-5,12-16,18H,2-3,6-11H2,1H3,(H,27,29)/t13-,14-,16-,18-/m0/s1. The fraction of sp³-hybridized carbons (Fsp3) is 0.682. The highest BCUT2D eigenvalue weighted by Crippen LogP contribution is 2.49. The van der Waals surface area contributed by atoms with Crippen LogP contribution in [0.1, 0.15) is 51.0 Å². The summed E-state index contributed by atoms with van der Waals surface area (Å²) in [5.74, 6) is 1.67. The lowest BCUT2D eigenvalue weighted by Crippen LogP contribution is -2.47. The zero-order valence-corrected chi connectivity index (χ0v) is 19.4. The van der Waals surface area contributed by atoms with Gasteiger partial charge in [0.05, 0.1) is 15.5 Å². The maximum Gasteiger partial charge on any atom is 0.417 e. The Kier molecular flexibility index (Phi) is 6.55. The predicted molar refractivity (Wildman–Crippen MR) is 114 cm³/mol. The molecule has 1 amide bonds. The summed E-state index contributed by atoms with van der Waals surface area (Å²) in [6.45, 7) is 2.24. The first kappa shape index (κ1) is 23.8. The van der Waals surface area contributed by atoms with E-state index in [9.17, 15) is 26.4 Å². The summed E-state index contributed by atoms with van der Waals surface area (Å²) >= 11 is 5.61. The number of halogens is 4. The lowest BCUT2D eigenvalue weighted by atomic mass is 9.83. The van der Waals surface area contributed by atoms with Crippen LogP contribution in [-0.2, 0) is 21.0 Å². The molecule has 2 saturated carbocycles. The summed E-state index contributed by atoms with van der Waals surface area (Å²) in [5, 5.41) is 2.60. The van der Waals surface area contributed by atoms with Crippen molar-refractivity contribution in [2.45, 2.75) is 62.6 Å². The van der Waals surface area contributed by atoms with Crippen molar-refractivity contribution < 1.29 is 26.4 Å². The highest BCUT2D eigenvalue weighted by molar-refractivity contribution is 7.89. The van der Waals surface area contributed by atoms with Gasteiger partial charge in [-0.25, -0.2) is 8.42 Å². The highest BCUT2D eigenvalue weighted by Gasteiger charge is 2.43. The van der Waals surface area contributed by atoms with Gasteiger partial charge in [-0.1, -0.05) is 18.0 Å². The topological polar surface area (TPSA) is 66.5 Å². The second-order valence-electron chi connectivity index (χ2n) is 9.45. The van der Waals surface area contributed by atoms with E-state index in [4.69, 9.17) is 11.6 Å². The summed E-state index contributed by atoms with van der Waals surface area (Å²) in [5.41, 5.74) is -1.18. The number of hydrogen-bond donors (Lipinski definition) is 1. The number of benzene rings is 1. The Bertz CT molecular complexity index is 977. The van der Waals surface area contributed by atoms with Crippen molar-refractivity contribution in [3.8, 4) is 0 Å². The number of piperidine rings is 1. The van der Waals surface area contributed by atoms with E-state index < -0.39 is 31.7 Å². The number of fused-ring (bicyclic) bond motifs is 2. The molecule has 1 aliphatic heterocycles. The monoisotopic (exact) mass is 492 g/mol. The summed E-state index contributed by atoms with van der Waals surface area (Å²) in [7, 11) is -4.11. The normalized spacial score (nSPS) is 28.1. The summed E-state index contributed by atoms with van der Waals surface area (Å²) < 4.78 is 66.3. The van der Waals surface area contributed by atoms with Gasteiger partial charge >= 0.3 is 6.18 Å². The van der Waals surface area contributed by atoms with Crippen molar-refractivity contribution in [1.82, 2.24) is 9.62 Å². The van der Waals surface area contributed by atoms with Gasteiger partial charge in [0.1, 0.15) is 0 Å². The van der Waals surface area contributed by atoms with Crippen LogP contribution in [0.4, 0.5) is 13.2 Å². The van der Waals surface area contributed by atoms with Crippen molar-refractivity contribution in [3.05, 3.63) is 28.8 Å². The predicted octanol–water partition coefficient (Wildman–Crippen LogP) is 4.70. The molecule has 3 fully saturated rings. The van der Waals surface area contributed by atoms with Gasteiger partial charge in [-0.2, -0.15) is 17.5 Å². The van der Waals surface area contributed by atoms with Crippen LogP contribution in [0.5, 0.6) is 0 Å². The minimum atomic E-state index is -4.75. The molecule has 1 N–H and O–H groups in total.